The average molecular weight is 440 g/mol. The molecule has 0 aromatic heterocycles. The third-order valence-electron chi connectivity index (χ3n) is 4.13. The summed E-state index contributed by atoms with van der Waals surface area (Å²) in [6.07, 6.45) is -0.471. The number of carbonyl (C=O) groups excluding carboxylic acids is 1. The smallest absolute Gasteiger partial charge is 0.412 e. The molecular formula is C23H24N2O7. The van der Waals surface area contributed by atoms with E-state index in [4.69, 9.17) is 29.7 Å². The van der Waals surface area contributed by atoms with Crippen LogP contribution in [-0.2, 0) is 14.3 Å². The Bertz CT molecular complexity index is 967. The van der Waals surface area contributed by atoms with Crippen LogP contribution >= 0.6 is 0 Å². The Morgan fingerprint density at radius 3 is 2.59 bits per heavy atom. The van der Waals surface area contributed by atoms with Crippen molar-refractivity contribution in [2.75, 3.05) is 25.1 Å². The number of carbonyl (C=O) groups is 2. The Balaban J connectivity index is 2.30. The van der Waals surface area contributed by atoms with Crippen molar-refractivity contribution in [2.24, 2.45) is 0 Å². The summed E-state index contributed by atoms with van der Waals surface area (Å²) in [6, 6.07) is 14.9. The number of rotatable bonds is 11. The predicted octanol–water partition coefficient (Wildman–Crippen LogP) is 3.27. The summed E-state index contributed by atoms with van der Waals surface area (Å²) in [7, 11) is 0. The molecule has 3 N–H and O–H groups in total. The molecule has 168 valence electrons. The van der Waals surface area contributed by atoms with E-state index in [-0.39, 0.29) is 19.8 Å². The van der Waals surface area contributed by atoms with E-state index in [1.807, 2.05) is 6.07 Å². The zero-order valence-corrected chi connectivity index (χ0v) is 17.4. The molecule has 2 rings (SSSR count). The molecular weight excluding hydrogens is 416 g/mol. The van der Waals surface area contributed by atoms with Crippen molar-refractivity contribution in [3.63, 3.8) is 0 Å². The van der Waals surface area contributed by atoms with E-state index in [1.54, 1.807) is 55.5 Å². The van der Waals surface area contributed by atoms with E-state index in [2.05, 4.69) is 5.32 Å². The lowest BCUT2D eigenvalue weighted by molar-refractivity contribution is -0.131. The van der Waals surface area contributed by atoms with Crippen LogP contribution in [-0.4, -0.2) is 48.2 Å². The maximum atomic E-state index is 12.6. The van der Waals surface area contributed by atoms with Gasteiger partial charge in [0.25, 0.3) is 0 Å². The van der Waals surface area contributed by atoms with E-state index in [0.29, 0.717) is 22.6 Å². The summed E-state index contributed by atoms with van der Waals surface area (Å²) in [5.74, 6) is -0.731. The Hall–Kier alpha value is -3.87. The van der Waals surface area contributed by atoms with Crippen molar-refractivity contribution in [2.45, 2.75) is 19.1 Å². The summed E-state index contributed by atoms with van der Waals surface area (Å²) in [4.78, 5) is 23.6. The Morgan fingerprint density at radius 1 is 1.22 bits per heavy atom. The molecule has 0 spiro atoms. The van der Waals surface area contributed by atoms with Gasteiger partial charge in [0.2, 0.25) is 0 Å². The second-order valence-corrected chi connectivity index (χ2v) is 6.40. The van der Waals surface area contributed by atoms with E-state index in [1.165, 1.54) is 6.08 Å². The number of aliphatic carboxylic acids is 1. The molecule has 0 saturated carbocycles. The number of ether oxygens (including phenoxy) is 3. The summed E-state index contributed by atoms with van der Waals surface area (Å²) in [5, 5.41) is 29.4. The first-order valence-electron chi connectivity index (χ1n) is 9.81. The quantitative estimate of drug-likeness (QED) is 0.453. The molecule has 0 radical (unpaired) electrons. The molecule has 32 heavy (non-hydrogen) atoms. The fraction of sp³-hybridized carbons (Fsp3) is 0.261. The van der Waals surface area contributed by atoms with Crippen molar-refractivity contribution in [3.05, 3.63) is 71.8 Å². The van der Waals surface area contributed by atoms with Gasteiger partial charge in [-0.25, -0.2) is 9.59 Å². The van der Waals surface area contributed by atoms with Crippen LogP contribution in [0, 0.1) is 11.3 Å². The minimum atomic E-state index is -1.17. The highest BCUT2D eigenvalue weighted by atomic mass is 16.6. The van der Waals surface area contributed by atoms with Crippen LogP contribution in [0.5, 0.6) is 5.75 Å². The van der Waals surface area contributed by atoms with E-state index >= 15 is 0 Å². The highest BCUT2D eigenvalue weighted by molar-refractivity contribution is 5.85. The van der Waals surface area contributed by atoms with Crippen molar-refractivity contribution in [1.82, 2.24) is 0 Å². The third kappa shape index (κ3) is 7.75. The van der Waals surface area contributed by atoms with E-state index in [0.717, 1.165) is 6.08 Å². The van der Waals surface area contributed by atoms with Crippen LogP contribution in [0.4, 0.5) is 10.5 Å². The Kier molecular flexibility index (Phi) is 9.71. The molecule has 0 saturated heterocycles. The summed E-state index contributed by atoms with van der Waals surface area (Å²) in [5.41, 5.74) is 1.36. The van der Waals surface area contributed by atoms with E-state index in [9.17, 15) is 9.59 Å². The van der Waals surface area contributed by atoms with Crippen molar-refractivity contribution in [3.8, 4) is 11.8 Å². The second-order valence-electron chi connectivity index (χ2n) is 6.40. The number of amides is 1. The summed E-state index contributed by atoms with van der Waals surface area (Å²) in [6.45, 7) is 1.89. The van der Waals surface area contributed by atoms with Crippen LogP contribution < -0.4 is 10.1 Å². The van der Waals surface area contributed by atoms with Crippen LogP contribution in [0.2, 0.25) is 0 Å². The van der Waals surface area contributed by atoms with Gasteiger partial charge in [-0.15, -0.1) is 0 Å². The number of nitriles is 1. The van der Waals surface area contributed by atoms with Gasteiger partial charge in [-0.2, -0.15) is 5.26 Å². The first kappa shape index (κ1) is 24.4. The largest absolute Gasteiger partial charge is 0.491 e. The molecule has 9 heteroatoms. The lowest BCUT2D eigenvalue weighted by Gasteiger charge is -2.25. The molecule has 0 aliphatic heterocycles. The van der Waals surface area contributed by atoms with Gasteiger partial charge < -0.3 is 24.4 Å². The van der Waals surface area contributed by atoms with Gasteiger partial charge in [-0.1, -0.05) is 12.1 Å². The lowest BCUT2D eigenvalue weighted by Crippen LogP contribution is -2.28. The van der Waals surface area contributed by atoms with Crippen LogP contribution in [0.3, 0.4) is 0 Å². The number of nitrogens with zero attached hydrogens (tertiary/aromatic N) is 1. The number of aliphatic hydroxyl groups excluding tert-OH is 1. The molecule has 0 aliphatic carbocycles. The lowest BCUT2D eigenvalue weighted by atomic mass is 10.0. The number of carboxylic acids is 1. The van der Waals surface area contributed by atoms with Crippen molar-refractivity contribution < 1.29 is 34.0 Å². The molecule has 0 unspecified atom stereocenters. The number of carboxylic acid groups (broad SMARTS) is 1. The fourth-order valence-electron chi connectivity index (χ4n) is 2.77. The topological polar surface area (TPSA) is 138 Å². The first-order chi connectivity index (χ1) is 15.5. The number of nitrogens with one attached hydrogen (secondary N) is 1. The average Bonchev–Trinajstić information content (AvgIpc) is 2.79. The van der Waals surface area contributed by atoms with Crippen LogP contribution in [0.1, 0.15) is 24.2 Å². The minimum absolute atomic E-state index is 0.0853. The molecule has 0 fully saturated rings. The van der Waals surface area contributed by atoms with Gasteiger partial charge in [0.15, 0.2) is 6.10 Å². The van der Waals surface area contributed by atoms with Gasteiger partial charge in [0.05, 0.1) is 18.2 Å². The molecule has 0 heterocycles. The van der Waals surface area contributed by atoms with Crippen molar-refractivity contribution in [1.29, 1.82) is 5.26 Å². The Morgan fingerprint density at radius 2 is 1.97 bits per heavy atom. The van der Waals surface area contributed by atoms with Gasteiger partial charge in [-0.3, -0.25) is 5.32 Å². The highest BCUT2D eigenvalue weighted by Gasteiger charge is 2.27. The number of benzene rings is 2. The normalized spacial score (nSPS) is 12.5. The van der Waals surface area contributed by atoms with Crippen LogP contribution in [0.15, 0.2) is 60.7 Å². The Labute approximate surface area is 185 Å². The SMILES string of the molecule is CCO[C@@H](/C=C/C(=O)O)[C@@H](OC(=O)Nc1ccc(C#N)cc1)c1cccc(OCCO)c1. The maximum Gasteiger partial charge on any atom is 0.412 e. The summed E-state index contributed by atoms with van der Waals surface area (Å²) < 4.78 is 16.7. The third-order valence-corrected chi connectivity index (χ3v) is 4.13. The number of hydrogen-bond acceptors (Lipinski definition) is 7. The zero-order chi connectivity index (χ0) is 23.3. The predicted molar refractivity (Wildman–Crippen MR) is 115 cm³/mol. The number of anilines is 1. The fourth-order valence-corrected chi connectivity index (χ4v) is 2.77. The first-order valence-corrected chi connectivity index (χ1v) is 9.81. The molecule has 2 aromatic carbocycles. The molecule has 0 bridgehead atoms. The highest BCUT2D eigenvalue weighted by Crippen LogP contribution is 2.28. The molecule has 2 aromatic rings. The second kappa shape index (κ2) is 12.7. The number of aliphatic hydroxyl groups is 1. The monoisotopic (exact) mass is 440 g/mol. The number of hydrogen-bond donors (Lipinski definition) is 3. The van der Waals surface area contributed by atoms with Crippen LogP contribution in [0.25, 0.3) is 0 Å². The molecule has 0 aliphatic rings. The van der Waals surface area contributed by atoms with E-state index < -0.39 is 24.3 Å². The molecule has 9 nitrogen and oxygen atoms in total. The molecule has 1 amide bonds. The van der Waals surface area contributed by atoms with Crippen molar-refractivity contribution >= 4 is 17.7 Å². The zero-order valence-electron chi connectivity index (χ0n) is 17.4. The summed E-state index contributed by atoms with van der Waals surface area (Å²) >= 11 is 0. The van der Waals surface area contributed by atoms with Gasteiger partial charge in [0, 0.05) is 18.4 Å². The maximum absolute atomic E-state index is 12.6. The minimum Gasteiger partial charge on any atom is -0.491 e. The van der Waals surface area contributed by atoms with Gasteiger partial charge >= 0.3 is 12.1 Å². The molecule has 2 atom stereocenters. The van der Waals surface area contributed by atoms with Gasteiger partial charge in [-0.05, 0) is 55.0 Å². The standard InChI is InChI=1S/C23H24N2O7/c1-2-30-20(10-11-21(27)28)22(17-4-3-5-19(14-17)31-13-12-26)32-23(29)25-18-8-6-16(15-24)7-9-18/h3-11,14,20,22,26H,2,12-13H2,1H3,(H,25,29)(H,27,28)/b11-10+/t20-,22-/m0/s1. The van der Waals surface area contributed by atoms with Gasteiger partial charge in [0.1, 0.15) is 18.5 Å².